The molecule has 0 saturated carbocycles. The maximum atomic E-state index is 12.4. The van der Waals surface area contributed by atoms with Crippen molar-refractivity contribution in [3.05, 3.63) is 23.8 Å². The lowest BCUT2D eigenvalue weighted by Gasteiger charge is -2.26. The smallest absolute Gasteiger partial charge is 0.254 e. The molecule has 0 spiro atoms. The third-order valence-corrected chi connectivity index (χ3v) is 2.82. The molecule has 1 amide bonds. The van der Waals surface area contributed by atoms with Crippen molar-refractivity contribution in [1.82, 2.24) is 4.90 Å². The second kappa shape index (κ2) is 6.99. The van der Waals surface area contributed by atoms with E-state index in [9.17, 15) is 4.79 Å². The maximum absolute atomic E-state index is 12.4. The molecule has 0 heterocycles. The third kappa shape index (κ3) is 3.86. The standard InChI is InChI=1S/C14H21NO4/c1-10(2)15(5-6-16)14(17)11-7-12(18-3)9-13(8-11)19-4/h7-10,16H,5-6H2,1-4H3. The predicted molar refractivity (Wildman–Crippen MR) is 72.8 cm³/mol. The van der Waals surface area contributed by atoms with Gasteiger partial charge in [0.2, 0.25) is 0 Å². The summed E-state index contributed by atoms with van der Waals surface area (Å²) in [6, 6.07) is 5.05. The second-order valence-electron chi connectivity index (χ2n) is 4.42. The van der Waals surface area contributed by atoms with Crippen LogP contribution < -0.4 is 9.47 Å². The van der Waals surface area contributed by atoms with Gasteiger partial charge in [-0.25, -0.2) is 0 Å². The van der Waals surface area contributed by atoms with Gasteiger partial charge in [0.15, 0.2) is 0 Å². The van der Waals surface area contributed by atoms with Crippen molar-refractivity contribution in [3.63, 3.8) is 0 Å². The number of ether oxygens (including phenoxy) is 2. The van der Waals surface area contributed by atoms with E-state index in [0.29, 0.717) is 23.6 Å². The first-order valence-electron chi connectivity index (χ1n) is 6.18. The van der Waals surface area contributed by atoms with E-state index in [0.717, 1.165) is 0 Å². The lowest BCUT2D eigenvalue weighted by atomic mass is 10.1. The van der Waals surface area contributed by atoms with Crippen LogP contribution in [0.2, 0.25) is 0 Å². The van der Waals surface area contributed by atoms with Crippen molar-refractivity contribution in [2.24, 2.45) is 0 Å². The molecule has 5 nitrogen and oxygen atoms in total. The minimum absolute atomic E-state index is 0.0110. The summed E-state index contributed by atoms with van der Waals surface area (Å²) in [6.45, 7) is 4.05. The van der Waals surface area contributed by atoms with Crippen LogP contribution in [-0.4, -0.2) is 49.3 Å². The average Bonchev–Trinajstić information content (AvgIpc) is 2.42. The summed E-state index contributed by atoms with van der Waals surface area (Å²) in [5.41, 5.74) is 0.485. The van der Waals surface area contributed by atoms with E-state index in [4.69, 9.17) is 14.6 Å². The van der Waals surface area contributed by atoms with Crippen LogP contribution in [0.25, 0.3) is 0 Å². The Morgan fingerprint density at radius 2 is 1.74 bits per heavy atom. The molecule has 0 aliphatic rings. The predicted octanol–water partition coefficient (Wildman–Crippen LogP) is 1.55. The van der Waals surface area contributed by atoms with E-state index in [1.165, 1.54) is 14.2 Å². The quantitative estimate of drug-likeness (QED) is 0.849. The van der Waals surface area contributed by atoms with Gasteiger partial charge in [0, 0.05) is 24.2 Å². The van der Waals surface area contributed by atoms with Gasteiger partial charge in [-0.3, -0.25) is 4.79 Å². The van der Waals surface area contributed by atoms with E-state index in [1.54, 1.807) is 23.1 Å². The molecular formula is C14H21NO4. The Bertz CT molecular complexity index is 409. The number of nitrogens with zero attached hydrogens (tertiary/aromatic N) is 1. The molecule has 0 saturated heterocycles. The highest BCUT2D eigenvalue weighted by atomic mass is 16.5. The SMILES string of the molecule is COc1cc(OC)cc(C(=O)N(CCO)C(C)C)c1. The van der Waals surface area contributed by atoms with Crippen LogP contribution in [0.15, 0.2) is 18.2 Å². The number of methoxy groups -OCH3 is 2. The zero-order valence-electron chi connectivity index (χ0n) is 11.8. The lowest BCUT2D eigenvalue weighted by molar-refractivity contribution is 0.0664. The number of rotatable bonds is 6. The Labute approximate surface area is 113 Å². The van der Waals surface area contributed by atoms with Gasteiger partial charge in [0.05, 0.1) is 20.8 Å². The van der Waals surface area contributed by atoms with E-state index >= 15 is 0 Å². The number of carbonyl (C=O) groups excluding carboxylic acids is 1. The minimum Gasteiger partial charge on any atom is -0.497 e. The lowest BCUT2D eigenvalue weighted by Crippen LogP contribution is -2.39. The molecule has 0 aliphatic heterocycles. The molecular weight excluding hydrogens is 246 g/mol. The van der Waals surface area contributed by atoms with E-state index in [1.807, 2.05) is 13.8 Å². The first-order valence-corrected chi connectivity index (χ1v) is 6.18. The van der Waals surface area contributed by atoms with Crippen LogP contribution >= 0.6 is 0 Å². The number of amides is 1. The first kappa shape index (κ1) is 15.3. The Kier molecular flexibility index (Phi) is 5.63. The van der Waals surface area contributed by atoms with E-state index in [2.05, 4.69) is 0 Å². The summed E-state index contributed by atoms with van der Waals surface area (Å²) in [4.78, 5) is 14.0. The maximum Gasteiger partial charge on any atom is 0.254 e. The van der Waals surface area contributed by atoms with Gasteiger partial charge in [0.25, 0.3) is 5.91 Å². The van der Waals surface area contributed by atoms with Gasteiger partial charge >= 0.3 is 0 Å². The molecule has 0 radical (unpaired) electrons. The van der Waals surface area contributed by atoms with Crippen LogP contribution in [0, 0.1) is 0 Å². The van der Waals surface area contributed by atoms with Crippen LogP contribution in [0.5, 0.6) is 11.5 Å². The van der Waals surface area contributed by atoms with Crippen molar-refractivity contribution in [3.8, 4) is 11.5 Å². The molecule has 0 aliphatic carbocycles. The van der Waals surface area contributed by atoms with Crippen LogP contribution in [0.4, 0.5) is 0 Å². The van der Waals surface area contributed by atoms with Gasteiger partial charge in [-0.15, -0.1) is 0 Å². The van der Waals surface area contributed by atoms with Gasteiger partial charge in [-0.1, -0.05) is 0 Å². The number of hydrogen-bond acceptors (Lipinski definition) is 4. The molecule has 5 heteroatoms. The number of aliphatic hydroxyl groups excluding tert-OH is 1. The molecule has 1 aromatic rings. The molecule has 0 aromatic heterocycles. The summed E-state index contributed by atoms with van der Waals surface area (Å²) in [6.07, 6.45) is 0. The summed E-state index contributed by atoms with van der Waals surface area (Å²) in [5.74, 6) is 0.979. The summed E-state index contributed by atoms with van der Waals surface area (Å²) >= 11 is 0. The van der Waals surface area contributed by atoms with Crippen molar-refractivity contribution >= 4 is 5.91 Å². The van der Waals surface area contributed by atoms with Crippen molar-refractivity contribution in [2.75, 3.05) is 27.4 Å². The van der Waals surface area contributed by atoms with Crippen molar-refractivity contribution in [1.29, 1.82) is 0 Å². The van der Waals surface area contributed by atoms with Gasteiger partial charge in [-0.2, -0.15) is 0 Å². The highest BCUT2D eigenvalue weighted by Gasteiger charge is 2.19. The fourth-order valence-electron chi connectivity index (χ4n) is 1.80. The molecule has 0 bridgehead atoms. The largest absolute Gasteiger partial charge is 0.497 e. The molecule has 106 valence electrons. The number of carbonyl (C=O) groups is 1. The van der Waals surface area contributed by atoms with Crippen LogP contribution in [-0.2, 0) is 0 Å². The average molecular weight is 267 g/mol. The molecule has 0 fully saturated rings. The Hall–Kier alpha value is -1.75. The zero-order chi connectivity index (χ0) is 14.4. The zero-order valence-corrected chi connectivity index (χ0v) is 11.8. The second-order valence-corrected chi connectivity index (χ2v) is 4.42. The van der Waals surface area contributed by atoms with E-state index in [-0.39, 0.29) is 18.6 Å². The monoisotopic (exact) mass is 267 g/mol. The fourth-order valence-corrected chi connectivity index (χ4v) is 1.80. The summed E-state index contributed by atoms with van der Waals surface area (Å²) in [7, 11) is 3.08. The molecule has 1 rings (SSSR count). The fraction of sp³-hybridized carbons (Fsp3) is 0.500. The minimum atomic E-state index is -0.152. The van der Waals surface area contributed by atoms with Gasteiger partial charge < -0.3 is 19.5 Å². The number of aliphatic hydroxyl groups is 1. The molecule has 0 unspecified atom stereocenters. The molecule has 1 aromatic carbocycles. The molecule has 19 heavy (non-hydrogen) atoms. The van der Waals surface area contributed by atoms with Gasteiger partial charge in [0.1, 0.15) is 11.5 Å². The highest BCUT2D eigenvalue weighted by Crippen LogP contribution is 2.23. The number of hydrogen-bond donors (Lipinski definition) is 1. The summed E-state index contributed by atoms with van der Waals surface area (Å²) < 4.78 is 10.3. The highest BCUT2D eigenvalue weighted by molar-refractivity contribution is 5.95. The van der Waals surface area contributed by atoms with Crippen molar-refractivity contribution in [2.45, 2.75) is 19.9 Å². The first-order chi connectivity index (χ1) is 9.03. The Balaban J connectivity index is 3.09. The van der Waals surface area contributed by atoms with Crippen LogP contribution in [0.3, 0.4) is 0 Å². The Morgan fingerprint density at radius 1 is 1.21 bits per heavy atom. The molecule has 0 atom stereocenters. The van der Waals surface area contributed by atoms with E-state index < -0.39 is 0 Å². The summed E-state index contributed by atoms with van der Waals surface area (Å²) in [5, 5.41) is 9.04. The third-order valence-electron chi connectivity index (χ3n) is 2.82. The molecule has 1 N–H and O–H groups in total. The topological polar surface area (TPSA) is 59.0 Å². The Morgan fingerprint density at radius 3 is 2.11 bits per heavy atom. The van der Waals surface area contributed by atoms with Crippen LogP contribution in [0.1, 0.15) is 24.2 Å². The normalized spacial score (nSPS) is 10.4. The van der Waals surface area contributed by atoms with Crippen molar-refractivity contribution < 1.29 is 19.4 Å². The van der Waals surface area contributed by atoms with Gasteiger partial charge in [-0.05, 0) is 26.0 Å². The number of benzene rings is 1.